The third-order valence-electron chi connectivity index (χ3n) is 5.38. The standard InChI is InChI=1S/C26H23N3O4/c1-31-18-12-10-17(11-13-18)28-25-14-21(20-6-2-3-7-22(20)29-25)26(30)27-15-19-16-32-23-8-4-5-9-24(23)33-19/h2-14,19H,15-16H2,1H3,(H,27,30)(H,28,29)/t19-/m0/s1. The molecule has 1 amide bonds. The van der Waals surface area contributed by atoms with Crippen molar-refractivity contribution in [1.82, 2.24) is 10.3 Å². The SMILES string of the molecule is COc1ccc(Nc2cc(C(=O)NC[C@H]3COc4ccccc4O3)c3ccccc3n2)cc1. The van der Waals surface area contributed by atoms with Crippen LogP contribution < -0.4 is 24.8 Å². The first-order valence-corrected chi connectivity index (χ1v) is 10.7. The fourth-order valence-corrected chi connectivity index (χ4v) is 3.71. The smallest absolute Gasteiger partial charge is 0.252 e. The van der Waals surface area contributed by atoms with Gasteiger partial charge in [0.1, 0.15) is 24.3 Å². The molecule has 1 aliphatic heterocycles. The Morgan fingerprint density at radius 3 is 2.61 bits per heavy atom. The number of hydrogen-bond donors (Lipinski definition) is 2. The summed E-state index contributed by atoms with van der Waals surface area (Å²) in [5.41, 5.74) is 2.11. The van der Waals surface area contributed by atoms with E-state index >= 15 is 0 Å². The summed E-state index contributed by atoms with van der Waals surface area (Å²) in [7, 11) is 1.63. The van der Waals surface area contributed by atoms with Crippen LogP contribution in [0.4, 0.5) is 11.5 Å². The number of amides is 1. The Morgan fingerprint density at radius 1 is 1.03 bits per heavy atom. The number of para-hydroxylation sites is 3. The fourth-order valence-electron chi connectivity index (χ4n) is 3.71. The highest BCUT2D eigenvalue weighted by atomic mass is 16.6. The van der Waals surface area contributed by atoms with Gasteiger partial charge in [-0.15, -0.1) is 0 Å². The Hall–Kier alpha value is -4.26. The van der Waals surface area contributed by atoms with Crippen molar-refractivity contribution in [3.05, 3.63) is 84.4 Å². The second kappa shape index (κ2) is 9.08. The largest absolute Gasteiger partial charge is 0.497 e. The number of carbonyl (C=O) groups is 1. The van der Waals surface area contributed by atoms with Crippen molar-refractivity contribution in [2.45, 2.75) is 6.10 Å². The summed E-state index contributed by atoms with van der Waals surface area (Å²) >= 11 is 0. The van der Waals surface area contributed by atoms with Crippen LogP contribution in [0, 0.1) is 0 Å². The number of ether oxygens (including phenoxy) is 3. The first-order valence-electron chi connectivity index (χ1n) is 10.7. The summed E-state index contributed by atoms with van der Waals surface area (Å²) in [5, 5.41) is 7.03. The van der Waals surface area contributed by atoms with Crippen molar-refractivity contribution in [2.75, 3.05) is 25.6 Å². The molecule has 0 spiro atoms. The van der Waals surface area contributed by atoms with Crippen molar-refractivity contribution in [3.8, 4) is 17.2 Å². The predicted molar refractivity (Wildman–Crippen MR) is 127 cm³/mol. The van der Waals surface area contributed by atoms with Crippen LogP contribution in [0.25, 0.3) is 10.9 Å². The second-order valence-electron chi connectivity index (χ2n) is 7.63. The van der Waals surface area contributed by atoms with Gasteiger partial charge in [0.2, 0.25) is 0 Å². The van der Waals surface area contributed by atoms with Gasteiger partial charge in [-0.1, -0.05) is 30.3 Å². The molecular weight excluding hydrogens is 418 g/mol. The van der Waals surface area contributed by atoms with Crippen molar-refractivity contribution < 1.29 is 19.0 Å². The minimum Gasteiger partial charge on any atom is -0.497 e. The number of nitrogens with one attached hydrogen (secondary N) is 2. The molecule has 5 rings (SSSR count). The lowest BCUT2D eigenvalue weighted by molar-refractivity contribution is 0.0790. The third kappa shape index (κ3) is 4.52. The quantitative estimate of drug-likeness (QED) is 0.457. The van der Waals surface area contributed by atoms with Crippen molar-refractivity contribution >= 4 is 28.3 Å². The van der Waals surface area contributed by atoms with Crippen LogP contribution in [0.15, 0.2) is 78.9 Å². The highest BCUT2D eigenvalue weighted by Crippen LogP contribution is 2.31. The zero-order valence-corrected chi connectivity index (χ0v) is 18.1. The Balaban J connectivity index is 1.34. The number of aromatic nitrogens is 1. The molecule has 0 unspecified atom stereocenters. The van der Waals surface area contributed by atoms with Crippen molar-refractivity contribution in [1.29, 1.82) is 0 Å². The van der Waals surface area contributed by atoms with E-state index < -0.39 is 0 Å². The van der Waals surface area contributed by atoms with Crippen LogP contribution in [-0.4, -0.2) is 37.3 Å². The lowest BCUT2D eigenvalue weighted by Crippen LogP contribution is -2.40. The Morgan fingerprint density at radius 2 is 1.79 bits per heavy atom. The van der Waals surface area contributed by atoms with E-state index in [1.165, 1.54) is 0 Å². The third-order valence-corrected chi connectivity index (χ3v) is 5.38. The van der Waals surface area contributed by atoms with E-state index in [9.17, 15) is 4.79 Å². The summed E-state index contributed by atoms with van der Waals surface area (Å²) in [4.78, 5) is 17.8. The number of rotatable bonds is 6. The van der Waals surface area contributed by atoms with Gasteiger partial charge >= 0.3 is 0 Å². The van der Waals surface area contributed by atoms with Gasteiger partial charge in [-0.05, 0) is 48.5 Å². The van der Waals surface area contributed by atoms with E-state index in [1.54, 1.807) is 13.2 Å². The van der Waals surface area contributed by atoms with E-state index in [1.807, 2.05) is 72.8 Å². The molecule has 2 N–H and O–H groups in total. The molecule has 0 radical (unpaired) electrons. The van der Waals surface area contributed by atoms with Gasteiger partial charge in [-0.3, -0.25) is 4.79 Å². The maximum atomic E-state index is 13.2. The highest BCUT2D eigenvalue weighted by molar-refractivity contribution is 6.07. The predicted octanol–water partition coefficient (Wildman–Crippen LogP) is 4.56. The van der Waals surface area contributed by atoms with Gasteiger partial charge in [-0.25, -0.2) is 4.98 Å². The van der Waals surface area contributed by atoms with Gasteiger partial charge in [0.15, 0.2) is 11.5 Å². The molecule has 7 heteroatoms. The molecule has 1 aromatic heterocycles. The van der Waals surface area contributed by atoms with Crippen LogP contribution in [0.3, 0.4) is 0 Å². The maximum absolute atomic E-state index is 13.2. The van der Waals surface area contributed by atoms with Gasteiger partial charge in [0, 0.05) is 11.1 Å². The van der Waals surface area contributed by atoms with Crippen molar-refractivity contribution in [2.24, 2.45) is 0 Å². The molecule has 1 atom stereocenters. The zero-order valence-electron chi connectivity index (χ0n) is 18.1. The summed E-state index contributed by atoms with van der Waals surface area (Å²) in [6.07, 6.45) is -0.270. The van der Waals surface area contributed by atoms with E-state index in [0.717, 1.165) is 28.1 Å². The fraction of sp³-hybridized carbons (Fsp3) is 0.154. The monoisotopic (exact) mass is 441 g/mol. The molecule has 2 heterocycles. The van der Waals surface area contributed by atoms with Gasteiger partial charge in [-0.2, -0.15) is 0 Å². The van der Waals surface area contributed by atoms with Crippen LogP contribution in [0.2, 0.25) is 0 Å². The minimum atomic E-state index is -0.270. The number of carbonyl (C=O) groups excluding carboxylic acids is 1. The maximum Gasteiger partial charge on any atom is 0.252 e. The average Bonchev–Trinajstić information content (AvgIpc) is 2.87. The van der Waals surface area contributed by atoms with Crippen LogP contribution in [-0.2, 0) is 0 Å². The van der Waals surface area contributed by atoms with E-state index in [0.29, 0.717) is 30.3 Å². The lowest BCUT2D eigenvalue weighted by Gasteiger charge is -2.26. The molecule has 0 fully saturated rings. The van der Waals surface area contributed by atoms with Gasteiger partial charge in [0.05, 0.1) is 24.7 Å². The molecule has 0 saturated heterocycles. The lowest BCUT2D eigenvalue weighted by atomic mass is 10.1. The number of methoxy groups -OCH3 is 1. The number of hydrogen-bond acceptors (Lipinski definition) is 6. The molecule has 33 heavy (non-hydrogen) atoms. The topological polar surface area (TPSA) is 81.7 Å². The summed E-state index contributed by atoms with van der Waals surface area (Å²) < 4.78 is 16.9. The Labute approximate surface area is 191 Å². The first-order chi connectivity index (χ1) is 16.2. The Kier molecular flexibility index (Phi) is 5.68. The molecule has 7 nitrogen and oxygen atoms in total. The molecule has 1 aliphatic rings. The van der Waals surface area contributed by atoms with E-state index in [-0.39, 0.29) is 12.0 Å². The molecule has 0 bridgehead atoms. The molecule has 4 aromatic rings. The van der Waals surface area contributed by atoms with Gasteiger partial charge in [0.25, 0.3) is 5.91 Å². The number of benzene rings is 3. The Bertz CT molecular complexity index is 1290. The summed E-state index contributed by atoms with van der Waals surface area (Å²) in [5.74, 6) is 2.55. The zero-order chi connectivity index (χ0) is 22.6. The average molecular weight is 441 g/mol. The van der Waals surface area contributed by atoms with Gasteiger partial charge < -0.3 is 24.8 Å². The van der Waals surface area contributed by atoms with Crippen LogP contribution >= 0.6 is 0 Å². The van der Waals surface area contributed by atoms with E-state index in [4.69, 9.17) is 14.2 Å². The number of fused-ring (bicyclic) bond motifs is 2. The van der Waals surface area contributed by atoms with Crippen LogP contribution in [0.5, 0.6) is 17.2 Å². The molecule has 0 saturated carbocycles. The number of anilines is 2. The molecule has 0 aliphatic carbocycles. The molecule has 166 valence electrons. The van der Waals surface area contributed by atoms with Crippen molar-refractivity contribution in [3.63, 3.8) is 0 Å². The molecule has 3 aromatic carbocycles. The normalized spacial score (nSPS) is 14.5. The second-order valence-corrected chi connectivity index (χ2v) is 7.63. The molecular formula is C26H23N3O4. The number of pyridine rings is 1. The van der Waals surface area contributed by atoms with Crippen LogP contribution in [0.1, 0.15) is 10.4 Å². The number of nitrogens with zero attached hydrogens (tertiary/aromatic N) is 1. The van der Waals surface area contributed by atoms with E-state index in [2.05, 4.69) is 15.6 Å². The summed E-state index contributed by atoms with van der Waals surface area (Å²) in [6.45, 7) is 0.698. The first kappa shape index (κ1) is 20.6. The highest BCUT2D eigenvalue weighted by Gasteiger charge is 2.22. The summed E-state index contributed by atoms with van der Waals surface area (Å²) in [6, 6.07) is 24.4. The minimum absolute atomic E-state index is 0.200.